The number of likely N-dealkylation sites (tertiary alicyclic amines) is 1. The van der Waals surface area contributed by atoms with Crippen molar-refractivity contribution in [3.63, 3.8) is 0 Å². The van der Waals surface area contributed by atoms with Crippen LogP contribution in [0, 0.1) is 0 Å². The molecule has 0 spiro atoms. The number of cyclic esters (lactones) is 1. The van der Waals surface area contributed by atoms with Crippen LogP contribution < -0.4 is 5.32 Å². The van der Waals surface area contributed by atoms with E-state index < -0.39 is 0 Å². The van der Waals surface area contributed by atoms with Crippen molar-refractivity contribution in [2.75, 3.05) is 39.8 Å². The lowest BCUT2D eigenvalue weighted by molar-refractivity contribution is 0.0947. The zero-order chi connectivity index (χ0) is 16.2. The van der Waals surface area contributed by atoms with E-state index in [4.69, 9.17) is 4.74 Å². The number of nitrogens with zero attached hydrogens (tertiary/aromatic N) is 3. The molecule has 0 aromatic carbocycles. The Morgan fingerprint density at radius 1 is 1.52 bits per heavy atom. The summed E-state index contributed by atoms with van der Waals surface area (Å²) in [5, 5.41) is 9.94. The van der Waals surface area contributed by atoms with Crippen molar-refractivity contribution in [3.8, 4) is 0 Å². The topological polar surface area (TPSA) is 90.6 Å². The van der Waals surface area contributed by atoms with Gasteiger partial charge in [0.2, 0.25) is 0 Å². The fraction of sp³-hybridized carbons (Fsp3) is 0.667. The molecule has 3 heterocycles. The normalized spacial score (nSPS) is 21.7. The van der Waals surface area contributed by atoms with Gasteiger partial charge in [0, 0.05) is 13.1 Å². The molecule has 2 amide bonds. The van der Waals surface area contributed by atoms with Crippen LogP contribution in [-0.2, 0) is 4.74 Å². The lowest BCUT2D eigenvalue weighted by Crippen LogP contribution is -2.30. The van der Waals surface area contributed by atoms with E-state index in [1.807, 2.05) is 6.07 Å². The van der Waals surface area contributed by atoms with Gasteiger partial charge in [-0.15, -0.1) is 0 Å². The number of aromatic amines is 1. The number of H-pyrrole nitrogens is 1. The van der Waals surface area contributed by atoms with Gasteiger partial charge in [0.15, 0.2) is 0 Å². The zero-order valence-electron chi connectivity index (χ0n) is 13.4. The molecular weight excluding hydrogens is 298 g/mol. The smallest absolute Gasteiger partial charge is 0.409 e. The van der Waals surface area contributed by atoms with E-state index in [2.05, 4.69) is 27.5 Å². The van der Waals surface area contributed by atoms with Crippen molar-refractivity contribution in [2.24, 2.45) is 0 Å². The number of hydrogen-bond acceptors (Lipinski definition) is 5. The molecular formula is C15H23N5O3. The third kappa shape index (κ3) is 3.64. The summed E-state index contributed by atoms with van der Waals surface area (Å²) in [4.78, 5) is 27.3. The number of carbonyl (C=O) groups is 2. The Hall–Kier alpha value is -2.09. The van der Waals surface area contributed by atoms with Crippen LogP contribution in [0.25, 0.3) is 0 Å². The van der Waals surface area contributed by atoms with E-state index >= 15 is 0 Å². The highest BCUT2D eigenvalue weighted by Crippen LogP contribution is 2.29. The van der Waals surface area contributed by atoms with Crippen molar-refractivity contribution in [1.82, 2.24) is 25.3 Å². The Morgan fingerprint density at radius 3 is 3.09 bits per heavy atom. The second-order valence-electron chi connectivity index (χ2n) is 6.06. The minimum absolute atomic E-state index is 0.159. The maximum Gasteiger partial charge on any atom is 0.409 e. The molecule has 0 radical (unpaired) electrons. The number of rotatable bonds is 6. The molecule has 1 unspecified atom stereocenters. The third-order valence-corrected chi connectivity index (χ3v) is 4.44. The first-order valence-corrected chi connectivity index (χ1v) is 8.10. The van der Waals surface area contributed by atoms with Gasteiger partial charge in [-0.05, 0) is 38.9 Å². The molecule has 2 saturated heterocycles. The van der Waals surface area contributed by atoms with E-state index in [9.17, 15) is 9.59 Å². The third-order valence-electron chi connectivity index (χ3n) is 4.44. The van der Waals surface area contributed by atoms with Gasteiger partial charge in [0.05, 0.1) is 18.3 Å². The highest BCUT2D eigenvalue weighted by molar-refractivity contribution is 5.92. The second-order valence-corrected chi connectivity index (χ2v) is 6.06. The van der Waals surface area contributed by atoms with Crippen LogP contribution in [0.4, 0.5) is 4.79 Å². The van der Waals surface area contributed by atoms with Crippen LogP contribution in [0.2, 0.25) is 0 Å². The predicted octanol–water partition coefficient (Wildman–Crippen LogP) is 0.749. The fourth-order valence-electron chi connectivity index (χ4n) is 3.10. The fourth-order valence-corrected chi connectivity index (χ4v) is 3.10. The Labute approximate surface area is 135 Å². The SMILES string of the molecule is CN1CCCC1c1cc(C(=O)NCCCN2CCOC2=O)[nH]n1. The molecule has 2 aliphatic heterocycles. The van der Waals surface area contributed by atoms with Gasteiger partial charge < -0.3 is 15.0 Å². The van der Waals surface area contributed by atoms with Crippen LogP contribution in [-0.4, -0.2) is 71.8 Å². The van der Waals surface area contributed by atoms with E-state index in [0.717, 1.165) is 25.1 Å². The van der Waals surface area contributed by atoms with Gasteiger partial charge in [0.1, 0.15) is 12.3 Å². The van der Waals surface area contributed by atoms with Gasteiger partial charge in [-0.1, -0.05) is 0 Å². The lowest BCUT2D eigenvalue weighted by atomic mass is 10.1. The van der Waals surface area contributed by atoms with Gasteiger partial charge in [0.25, 0.3) is 5.91 Å². The van der Waals surface area contributed by atoms with Gasteiger partial charge in [-0.2, -0.15) is 5.10 Å². The predicted molar refractivity (Wildman–Crippen MR) is 83.1 cm³/mol. The van der Waals surface area contributed by atoms with Gasteiger partial charge in [-0.3, -0.25) is 14.8 Å². The number of hydrogen-bond donors (Lipinski definition) is 2. The molecule has 0 bridgehead atoms. The average molecular weight is 321 g/mol. The largest absolute Gasteiger partial charge is 0.448 e. The molecule has 23 heavy (non-hydrogen) atoms. The highest BCUT2D eigenvalue weighted by atomic mass is 16.6. The van der Waals surface area contributed by atoms with Crippen molar-refractivity contribution in [1.29, 1.82) is 0 Å². The Kier molecular flexibility index (Phi) is 4.80. The van der Waals surface area contributed by atoms with E-state index in [1.54, 1.807) is 4.90 Å². The number of aromatic nitrogens is 2. The maximum atomic E-state index is 12.1. The molecule has 2 N–H and O–H groups in total. The summed E-state index contributed by atoms with van der Waals surface area (Å²) in [6, 6.07) is 2.13. The first-order valence-electron chi connectivity index (χ1n) is 8.10. The summed E-state index contributed by atoms with van der Waals surface area (Å²) in [7, 11) is 2.08. The molecule has 1 aromatic heterocycles. The summed E-state index contributed by atoms with van der Waals surface area (Å²) in [5.41, 5.74) is 1.41. The summed E-state index contributed by atoms with van der Waals surface area (Å²) in [5.74, 6) is -0.159. The Morgan fingerprint density at radius 2 is 2.39 bits per heavy atom. The highest BCUT2D eigenvalue weighted by Gasteiger charge is 2.25. The molecule has 3 rings (SSSR count). The number of nitrogens with one attached hydrogen (secondary N) is 2. The Balaban J connectivity index is 1.43. The number of carbonyl (C=O) groups excluding carboxylic acids is 2. The summed E-state index contributed by atoms with van der Waals surface area (Å²) in [6.45, 7) is 3.27. The van der Waals surface area contributed by atoms with E-state index in [0.29, 0.717) is 44.4 Å². The summed E-state index contributed by atoms with van der Waals surface area (Å²) >= 11 is 0. The molecule has 8 heteroatoms. The van der Waals surface area contributed by atoms with Gasteiger partial charge >= 0.3 is 6.09 Å². The number of amides is 2. The Bertz CT molecular complexity index is 573. The quantitative estimate of drug-likeness (QED) is 0.755. The van der Waals surface area contributed by atoms with Crippen LogP contribution >= 0.6 is 0 Å². The monoisotopic (exact) mass is 321 g/mol. The van der Waals surface area contributed by atoms with Crippen molar-refractivity contribution >= 4 is 12.0 Å². The molecule has 2 aliphatic rings. The lowest BCUT2D eigenvalue weighted by Gasteiger charge is -2.16. The first kappa shape index (κ1) is 15.8. The van der Waals surface area contributed by atoms with Crippen molar-refractivity contribution in [3.05, 3.63) is 17.5 Å². The molecule has 8 nitrogen and oxygen atoms in total. The summed E-state index contributed by atoms with van der Waals surface area (Å²) < 4.78 is 4.86. The number of ether oxygens (including phenoxy) is 1. The van der Waals surface area contributed by atoms with E-state index in [-0.39, 0.29) is 12.0 Å². The van der Waals surface area contributed by atoms with Crippen LogP contribution in [0.1, 0.15) is 41.5 Å². The van der Waals surface area contributed by atoms with E-state index in [1.165, 1.54) is 0 Å². The van der Waals surface area contributed by atoms with Crippen LogP contribution in [0.5, 0.6) is 0 Å². The minimum Gasteiger partial charge on any atom is -0.448 e. The molecule has 1 aromatic rings. The first-order chi connectivity index (χ1) is 11.1. The molecule has 0 saturated carbocycles. The second kappa shape index (κ2) is 6.99. The minimum atomic E-state index is -0.268. The molecule has 0 aliphatic carbocycles. The zero-order valence-corrected chi connectivity index (χ0v) is 13.4. The molecule has 1 atom stereocenters. The van der Waals surface area contributed by atoms with Crippen LogP contribution in [0.15, 0.2) is 6.07 Å². The van der Waals surface area contributed by atoms with Crippen LogP contribution in [0.3, 0.4) is 0 Å². The van der Waals surface area contributed by atoms with Crippen molar-refractivity contribution in [2.45, 2.75) is 25.3 Å². The van der Waals surface area contributed by atoms with Gasteiger partial charge in [-0.25, -0.2) is 4.79 Å². The molecule has 126 valence electrons. The summed E-state index contributed by atoms with van der Waals surface area (Å²) in [6.07, 6.45) is 2.67. The standard InChI is InChI=1S/C15H23N5O3/c1-19-6-2-4-13(19)11-10-12(18-17-11)14(21)16-5-3-7-20-8-9-23-15(20)22/h10,13H,2-9H2,1H3,(H,16,21)(H,17,18). The van der Waals surface area contributed by atoms with Crippen molar-refractivity contribution < 1.29 is 14.3 Å². The molecule has 2 fully saturated rings. The maximum absolute atomic E-state index is 12.1. The average Bonchev–Trinajstić information content (AvgIpc) is 3.24.